The number of morpholine rings is 1. The van der Waals surface area contributed by atoms with Crippen molar-refractivity contribution in [3.05, 3.63) is 0 Å². The Hall–Kier alpha value is -0.260. The zero-order valence-electron chi connectivity index (χ0n) is 9.44. The Morgan fingerprint density at radius 2 is 2.47 bits per heavy atom. The standard InChI is InChI=1S/C10H20N2O2S/c1-8-7-14-5-4-12(8)10(13)9(11)3-6-15-2/h8-9H,3-7,11H2,1-2H3/t8-,9+/m1/s1. The van der Waals surface area contributed by atoms with Crippen LogP contribution >= 0.6 is 11.8 Å². The van der Waals surface area contributed by atoms with Gasteiger partial charge < -0.3 is 15.4 Å². The van der Waals surface area contributed by atoms with Crippen LogP contribution in [0.5, 0.6) is 0 Å². The Morgan fingerprint density at radius 3 is 3.07 bits per heavy atom. The van der Waals surface area contributed by atoms with Crippen LogP contribution in [0.1, 0.15) is 13.3 Å². The van der Waals surface area contributed by atoms with Gasteiger partial charge in [-0.05, 0) is 25.4 Å². The molecule has 0 aliphatic carbocycles. The molecule has 1 rings (SSSR count). The van der Waals surface area contributed by atoms with Crippen LogP contribution in [-0.2, 0) is 9.53 Å². The van der Waals surface area contributed by atoms with E-state index in [1.165, 1.54) is 0 Å². The molecular formula is C10H20N2O2S. The van der Waals surface area contributed by atoms with Crippen molar-refractivity contribution in [1.82, 2.24) is 4.90 Å². The molecule has 2 atom stereocenters. The molecule has 5 heteroatoms. The summed E-state index contributed by atoms with van der Waals surface area (Å²) in [6.07, 6.45) is 2.78. The quantitative estimate of drug-likeness (QED) is 0.758. The highest BCUT2D eigenvalue weighted by Gasteiger charge is 2.27. The first-order chi connectivity index (χ1) is 7.16. The molecule has 1 heterocycles. The summed E-state index contributed by atoms with van der Waals surface area (Å²) in [5, 5.41) is 0. The molecule has 1 aliphatic rings. The molecule has 0 aromatic rings. The molecule has 0 bridgehead atoms. The van der Waals surface area contributed by atoms with E-state index in [9.17, 15) is 4.79 Å². The van der Waals surface area contributed by atoms with Gasteiger partial charge in [0.1, 0.15) is 0 Å². The zero-order valence-corrected chi connectivity index (χ0v) is 10.3. The summed E-state index contributed by atoms with van der Waals surface area (Å²) in [6, 6.07) is -0.190. The summed E-state index contributed by atoms with van der Waals surface area (Å²) in [7, 11) is 0. The van der Waals surface area contributed by atoms with E-state index in [2.05, 4.69) is 0 Å². The summed E-state index contributed by atoms with van der Waals surface area (Å²) < 4.78 is 5.28. The van der Waals surface area contributed by atoms with Gasteiger partial charge in [-0.3, -0.25) is 4.79 Å². The van der Waals surface area contributed by atoms with Gasteiger partial charge in [0.2, 0.25) is 5.91 Å². The number of hydrogen-bond donors (Lipinski definition) is 1. The SMILES string of the molecule is CSCC[C@H](N)C(=O)N1CCOC[C@H]1C. The van der Waals surface area contributed by atoms with Crippen molar-refractivity contribution in [3.63, 3.8) is 0 Å². The van der Waals surface area contributed by atoms with Crippen LogP contribution in [0, 0.1) is 0 Å². The van der Waals surface area contributed by atoms with E-state index in [1.807, 2.05) is 18.1 Å². The molecule has 0 aromatic heterocycles. The van der Waals surface area contributed by atoms with E-state index in [0.29, 0.717) is 19.8 Å². The highest BCUT2D eigenvalue weighted by Crippen LogP contribution is 2.09. The molecular weight excluding hydrogens is 212 g/mol. The number of carbonyl (C=O) groups excluding carboxylic acids is 1. The van der Waals surface area contributed by atoms with Gasteiger partial charge in [-0.2, -0.15) is 11.8 Å². The lowest BCUT2D eigenvalue weighted by atomic mass is 10.1. The smallest absolute Gasteiger partial charge is 0.239 e. The molecule has 0 spiro atoms. The molecule has 1 amide bonds. The first-order valence-corrected chi connectivity index (χ1v) is 6.69. The lowest BCUT2D eigenvalue weighted by Crippen LogP contribution is -2.53. The highest BCUT2D eigenvalue weighted by atomic mass is 32.2. The first kappa shape index (κ1) is 12.8. The molecule has 0 aromatic carbocycles. The van der Waals surface area contributed by atoms with Crippen molar-refractivity contribution < 1.29 is 9.53 Å². The Bertz CT molecular complexity index is 214. The minimum Gasteiger partial charge on any atom is -0.377 e. The molecule has 1 fully saturated rings. The van der Waals surface area contributed by atoms with Crippen LogP contribution in [0.2, 0.25) is 0 Å². The Labute approximate surface area is 95.5 Å². The molecule has 15 heavy (non-hydrogen) atoms. The lowest BCUT2D eigenvalue weighted by Gasteiger charge is -2.35. The fourth-order valence-electron chi connectivity index (χ4n) is 1.64. The van der Waals surface area contributed by atoms with Crippen molar-refractivity contribution in [2.75, 3.05) is 31.8 Å². The number of thioether (sulfide) groups is 1. The number of nitrogens with zero attached hydrogens (tertiary/aromatic N) is 1. The van der Waals surface area contributed by atoms with E-state index in [-0.39, 0.29) is 18.0 Å². The third-order valence-electron chi connectivity index (χ3n) is 2.60. The maximum Gasteiger partial charge on any atom is 0.239 e. The molecule has 0 saturated carbocycles. The normalized spacial score (nSPS) is 23.9. The predicted molar refractivity (Wildman–Crippen MR) is 63.0 cm³/mol. The molecule has 1 aliphatic heterocycles. The lowest BCUT2D eigenvalue weighted by molar-refractivity contribution is -0.140. The van der Waals surface area contributed by atoms with Gasteiger partial charge in [-0.25, -0.2) is 0 Å². The largest absolute Gasteiger partial charge is 0.377 e. The van der Waals surface area contributed by atoms with Crippen LogP contribution in [0.25, 0.3) is 0 Å². The summed E-state index contributed by atoms with van der Waals surface area (Å²) in [5.74, 6) is 1.01. The van der Waals surface area contributed by atoms with Crippen LogP contribution in [0.4, 0.5) is 0 Å². The Morgan fingerprint density at radius 1 is 1.73 bits per heavy atom. The van der Waals surface area contributed by atoms with E-state index in [4.69, 9.17) is 10.5 Å². The maximum absolute atomic E-state index is 12.0. The van der Waals surface area contributed by atoms with Crippen molar-refractivity contribution in [2.45, 2.75) is 25.4 Å². The van der Waals surface area contributed by atoms with Gasteiger partial charge in [0.15, 0.2) is 0 Å². The van der Waals surface area contributed by atoms with Crippen LogP contribution in [0.3, 0.4) is 0 Å². The van der Waals surface area contributed by atoms with Gasteiger partial charge in [-0.15, -0.1) is 0 Å². The van der Waals surface area contributed by atoms with Crippen molar-refractivity contribution >= 4 is 17.7 Å². The van der Waals surface area contributed by atoms with Crippen molar-refractivity contribution in [2.24, 2.45) is 5.73 Å². The monoisotopic (exact) mass is 232 g/mol. The highest BCUT2D eigenvalue weighted by molar-refractivity contribution is 7.98. The van der Waals surface area contributed by atoms with Crippen LogP contribution in [-0.4, -0.2) is 54.7 Å². The Kier molecular flexibility index (Phi) is 5.42. The minimum atomic E-state index is -0.349. The van der Waals surface area contributed by atoms with Gasteiger partial charge in [0.05, 0.1) is 25.3 Å². The molecule has 1 saturated heterocycles. The fourth-order valence-corrected chi connectivity index (χ4v) is 2.13. The number of nitrogens with two attached hydrogens (primary N) is 1. The number of carbonyl (C=O) groups is 1. The number of ether oxygens (including phenoxy) is 1. The van der Waals surface area contributed by atoms with Gasteiger partial charge >= 0.3 is 0 Å². The number of hydrogen-bond acceptors (Lipinski definition) is 4. The van der Waals surface area contributed by atoms with E-state index >= 15 is 0 Å². The van der Waals surface area contributed by atoms with E-state index < -0.39 is 0 Å². The third-order valence-corrected chi connectivity index (χ3v) is 3.24. The van der Waals surface area contributed by atoms with Crippen molar-refractivity contribution in [1.29, 1.82) is 0 Å². The van der Waals surface area contributed by atoms with Crippen LogP contribution < -0.4 is 5.73 Å². The predicted octanol–water partition coefficient (Wildman–Crippen LogP) is 0.314. The average molecular weight is 232 g/mol. The van der Waals surface area contributed by atoms with Gasteiger partial charge in [-0.1, -0.05) is 0 Å². The van der Waals surface area contributed by atoms with E-state index in [1.54, 1.807) is 11.8 Å². The minimum absolute atomic E-state index is 0.0693. The molecule has 0 radical (unpaired) electrons. The molecule has 4 nitrogen and oxygen atoms in total. The molecule has 2 N–H and O–H groups in total. The number of rotatable bonds is 4. The second-order valence-electron chi connectivity index (χ2n) is 3.84. The zero-order chi connectivity index (χ0) is 11.3. The van der Waals surface area contributed by atoms with Gasteiger partial charge in [0, 0.05) is 6.54 Å². The topological polar surface area (TPSA) is 55.6 Å². The summed E-state index contributed by atoms with van der Waals surface area (Å²) in [4.78, 5) is 13.8. The molecule has 88 valence electrons. The van der Waals surface area contributed by atoms with Crippen LogP contribution in [0.15, 0.2) is 0 Å². The Balaban J connectivity index is 2.43. The first-order valence-electron chi connectivity index (χ1n) is 5.29. The maximum atomic E-state index is 12.0. The summed E-state index contributed by atoms with van der Waals surface area (Å²) in [5.41, 5.74) is 5.85. The van der Waals surface area contributed by atoms with E-state index in [0.717, 1.165) is 12.2 Å². The third kappa shape index (κ3) is 3.66. The second kappa shape index (κ2) is 6.35. The van der Waals surface area contributed by atoms with Crippen molar-refractivity contribution in [3.8, 4) is 0 Å². The average Bonchev–Trinajstić information content (AvgIpc) is 2.25. The fraction of sp³-hybridized carbons (Fsp3) is 0.900. The second-order valence-corrected chi connectivity index (χ2v) is 4.83. The van der Waals surface area contributed by atoms with Gasteiger partial charge in [0.25, 0.3) is 0 Å². The number of amides is 1. The molecule has 0 unspecified atom stereocenters. The summed E-state index contributed by atoms with van der Waals surface area (Å²) in [6.45, 7) is 3.93. The summed E-state index contributed by atoms with van der Waals surface area (Å²) >= 11 is 1.72.